The number of nitrogens with zero attached hydrogens (tertiary/aromatic N) is 3. The third kappa shape index (κ3) is 3.86. The smallest absolute Gasteiger partial charge is 0.138 e. The second-order valence-corrected chi connectivity index (χ2v) is 5.68. The van der Waals surface area contributed by atoms with Gasteiger partial charge in [0.05, 0.1) is 6.04 Å². The summed E-state index contributed by atoms with van der Waals surface area (Å²) in [6.07, 6.45) is 2.16. The number of aryl methyl sites for hydroxylation is 1. The van der Waals surface area contributed by atoms with Gasteiger partial charge in [-0.25, -0.2) is 14.1 Å². The molecule has 0 radical (unpaired) electrons. The highest BCUT2D eigenvalue weighted by Gasteiger charge is 2.16. The maximum atomic E-state index is 13.4. The number of hydrogen-bond donors (Lipinski definition) is 2. The van der Waals surface area contributed by atoms with Crippen LogP contribution < -0.4 is 11.3 Å². The molecule has 0 amide bonds. The number of aromatic nitrogens is 3. The molecule has 2 rings (SSSR count). The zero-order valence-electron chi connectivity index (χ0n) is 12.7. The maximum Gasteiger partial charge on any atom is 0.138 e. The molecule has 0 aliphatic carbocycles. The lowest BCUT2D eigenvalue weighted by Gasteiger charge is -2.17. The first-order valence-electron chi connectivity index (χ1n) is 7.10. The summed E-state index contributed by atoms with van der Waals surface area (Å²) < 4.78 is 15.3. The van der Waals surface area contributed by atoms with Crippen molar-refractivity contribution in [3.05, 3.63) is 47.3 Å². The number of nitrogens with two attached hydrogens (primary N) is 1. The summed E-state index contributed by atoms with van der Waals surface area (Å²) >= 11 is 0. The summed E-state index contributed by atoms with van der Waals surface area (Å²) in [5, 5.41) is 4.25. The van der Waals surface area contributed by atoms with E-state index < -0.39 is 0 Å². The van der Waals surface area contributed by atoms with Crippen LogP contribution in [0.15, 0.2) is 24.5 Å². The molecule has 1 heterocycles. The summed E-state index contributed by atoms with van der Waals surface area (Å²) in [6.45, 7) is 6.82. The Labute approximate surface area is 124 Å². The zero-order chi connectivity index (χ0) is 15.4. The Morgan fingerprint density at radius 3 is 2.76 bits per heavy atom. The highest BCUT2D eigenvalue weighted by Crippen LogP contribution is 2.19. The van der Waals surface area contributed by atoms with Gasteiger partial charge in [-0.15, -0.1) is 0 Å². The number of halogens is 1. The van der Waals surface area contributed by atoms with Gasteiger partial charge in [-0.2, -0.15) is 5.10 Å². The van der Waals surface area contributed by atoms with E-state index in [0.29, 0.717) is 17.9 Å². The monoisotopic (exact) mass is 291 g/mol. The molecule has 6 heteroatoms. The number of hydrogen-bond acceptors (Lipinski definition) is 4. The van der Waals surface area contributed by atoms with Gasteiger partial charge in [0.15, 0.2) is 0 Å². The van der Waals surface area contributed by atoms with Gasteiger partial charge in [0, 0.05) is 13.0 Å². The average molecular weight is 291 g/mol. The number of rotatable bonds is 6. The Bertz CT molecular complexity index is 593. The molecule has 1 aromatic heterocycles. The SMILES string of the molecule is Cc1cc(C(Cc2ncnn2CC(C)C)NN)ccc1F. The fraction of sp³-hybridized carbons (Fsp3) is 0.467. The molecule has 21 heavy (non-hydrogen) atoms. The summed E-state index contributed by atoms with van der Waals surface area (Å²) in [7, 11) is 0. The van der Waals surface area contributed by atoms with E-state index in [0.717, 1.165) is 17.9 Å². The first-order chi connectivity index (χ1) is 10.0. The summed E-state index contributed by atoms with van der Waals surface area (Å²) in [4.78, 5) is 4.30. The first-order valence-corrected chi connectivity index (χ1v) is 7.10. The Kier molecular flexibility index (Phi) is 5.03. The predicted octanol–water partition coefficient (Wildman–Crippen LogP) is 2.13. The van der Waals surface area contributed by atoms with Crippen LogP contribution in [0.4, 0.5) is 4.39 Å². The van der Waals surface area contributed by atoms with E-state index >= 15 is 0 Å². The van der Waals surface area contributed by atoms with Crippen molar-refractivity contribution in [3.8, 4) is 0 Å². The van der Waals surface area contributed by atoms with Crippen molar-refractivity contribution in [2.75, 3.05) is 0 Å². The summed E-state index contributed by atoms with van der Waals surface area (Å²) in [5.74, 6) is 6.81. The molecule has 3 N–H and O–H groups in total. The van der Waals surface area contributed by atoms with E-state index in [9.17, 15) is 4.39 Å². The molecule has 1 unspecified atom stereocenters. The highest BCUT2D eigenvalue weighted by molar-refractivity contribution is 5.27. The largest absolute Gasteiger partial charge is 0.271 e. The third-order valence-corrected chi connectivity index (χ3v) is 3.41. The molecule has 0 fully saturated rings. The van der Waals surface area contributed by atoms with Crippen LogP contribution in [-0.2, 0) is 13.0 Å². The van der Waals surface area contributed by atoms with Gasteiger partial charge < -0.3 is 0 Å². The number of nitrogens with one attached hydrogen (secondary N) is 1. The highest BCUT2D eigenvalue weighted by atomic mass is 19.1. The van der Waals surface area contributed by atoms with Gasteiger partial charge >= 0.3 is 0 Å². The van der Waals surface area contributed by atoms with Crippen molar-refractivity contribution in [1.82, 2.24) is 20.2 Å². The molecule has 0 spiro atoms. The normalized spacial score (nSPS) is 12.9. The van der Waals surface area contributed by atoms with E-state index in [1.807, 2.05) is 10.7 Å². The molecule has 5 nitrogen and oxygen atoms in total. The predicted molar refractivity (Wildman–Crippen MR) is 79.8 cm³/mol. The summed E-state index contributed by atoms with van der Waals surface area (Å²) in [5.41, 5.74) is 4.33. The fourth-order valence-corrected chi connectivity index (χ4v) is 2.28. The van der Waals surface area contributed by atoms with Gasteiger partial charge in [-0.3, -0.25) is 11.3 Å². The molecule has 0 aliphatic heterocycles. The molecule has 0 saturated carbocycles. The van der Waals surface area contributed by atoms with Crippen LogP contribution in [0.3, 0.4) is 0 Å². The Morgan fingerprint density at radius 2 is 2.14 bits per heavy atom. The summed E-state index contributed by atoms with van der Waals surface area (Å²) in [6, 6.07) is 4.90. The van der Waals surface area contributed by atoms with Crippen LogP contribution in [0, 0.1) is 18.7 Å². The first kappa shape index (κ1) is 15.6. The van der Waals surface area contributed by atoms with Crippen molar-refractivity contribution >= 4 is 0 Å². The lowest BCUT2D eigenvalue weighted by Crippen LogP contribution is -2.30. The second kappa shape index (κ2) is 6.78. The van der Waals surface area contributed by atoms with E-state index in [1.165, 1.54) is 6.07 Å². The topological polar surface area (TPSA) is 68.8 Å². The lowest BCUT2D eigenvalue weighted by atomic mass is 10.0. The van der Waals surface area contributed by atoms with Crippen LogP contribution in [0.2, 0.25) is 0 Å². The second-order valence-electron chi connectivity index (χ2n) is 5.68. The zero-order valence-corrected chi connectivity index (χ0v) is 12.7. The van der Waals surface area contributed by atoms with Crippen LogP contribution in [0.25, 0.3) is 0 Å². The average Bonchev–Trinajstić information content (AvgIpc) is 2.85. The van der Waals surface area contributed by atoms with Gasteiger partial charge in [0.1, 0.15) is 18.0 Å². The van der Waals surface area contributed by atoms with Crippen molar-refractivity contribution < 1.29 is 4.39 Å². The third-order valence-electron chi connectivity index (χ3n) is 3.41. The van der Waals surface area contributed by atoms with Gasteiger partial charge in [-0.1, -0.05) is 26.0 Å². The molecule has 0 aliphatic rings. The van der Waals surface area contributed by atoms with Gasteiger partial charge in [0.2, 0.25) is 0 Å². The van der Waals surface area contributed by atoms with Crippen molar-refractivity contribution in [3.63, 3.8) is 0 Å². The maximum absolute atomic E-state index is 13.4. The standard InChI is InChI=1S/C15H22FN5/c1-10(2)8-21-15(18-9-19-21)7-14(20-17)12-4-5-13(16)11(3)6-12/h4-6,9-10,14,20H,7-8,17H2,1-3H3. The quantitative estimate of drug-likeness (QED) is 0.632. The lowest BCUT2D eigenvalue weighted by molar-refractivity contribution is 0.446. The van der Waals surface area contributed by atoms with Crippen molar-refractivity contribution in [2.45, 2.75) is 39.8 Å². The molecule has 0 saturated heterocycles. The van der Waals surface area contributed by atoms with Crippen molar-refractivity contribution in [2.24, 2.45) is 11.8 Å². The molecule has 114 valence electrons. The molecule has 0 bridgehead atoms. The van der Waals surface area contributed by atoms with Crippen LogP contribution in [0.5, 0.6) is 0 Å². The number of benzene rings is 1. The van der Waals surface area contributed by atoms with E-state index in [4.69, 9.17) is 5.84 Å². The Hall–Kier alpha value is -1.79. The molecular formula is C15H22FN5. The minimum absolute atomic E-state index is 0.126. The molecule has 1 aromatic carbocycles. The molecule has 1 atom stereocenters. The van der Waals surface area contributed by atoms with E-state index in [2.05, 4.69) is 29.4 Å². The van der Waals surface area contributed by atoms with E-state index in [-0.39, 0.29) is 11.9 Å². The Morgan fingerprint density at radius 1 is 1.38 bits per heavy atom. The van der Waals surface area contributed by atoms with Crippen molar-refractivity contribution in [1.29, 1.82) is 0 Å². The van der Waals surface area contributed by atoms with E-state index in [1.54, 1.807) is 19.3 Å². The van der Waals surface area contributed by atoms with Gasteiger partial charge in [0.25, 0.3) is 0 Å². The number of hydrazine groups is 1. The molecule has 2 aromatic rings. The Balaban J connectivity index is 2.19. The van der Waals surface area contributed by atoms with Crippen LogP contribution in [-0.4, -0.2) is 14.8 Å². The minimum Gasteiger partial charge on any atom is -0.271 e. The van der Waals surface area contributed by atoms with Crippen LogP contribution in [0.1, 0.15) is 36.8 Å². The fourth-order valence-electron chi connectivity index (χ4n) is 2.28. The minimum atomic E-state index is -0.211. The molecular weight excluding hydrogens is 269 g/mol. The van der Waals surface area contributed by atoms with Gasteiger partial charge in [-0.05, 0) is 30.0 Å². The van der Waals surface area contributed by atoms with Crippen LogP contribution >= 0.6 is 0 Å².